The van der Waals surface area contributed by atoms with Gasteiger partial charge in [0.05, 0.1) is 12.0 Å². The maximum absolute atomic E-state index is 10.8. The maximum atomic E-state index is 10.8. The van der Waals surface area contributed by atoms with Crippen molar-refractivity contribution in [1.82, 2.24) is 10.3 Å². The molecule has 1 heterocycles. The fourth-order valence-electron chi connectivity index (χ4n) is 2.74. The summed E-state index contributed by atoms with van der Waals surface area (Å²) >= 11 is 3.58. The number of pyridine rings is 1. The van der Waals surface area contributed by atoms with Crippen LogP contribution in [0.15, 0.2) is 65.3 Å². The summed E-state index contributed by atoms with van der Waals surface area (Å²) in [7, 11) is 1.58. The minimum absolute atomic E-state index is 0.0476. The van der Waals surface area contributed by atoms with Crippen LogP contribution in [0.4, 0.5) is 5.69 Å². The zero-order valence-corrected chi connectivity index (χ0v) is 18.5. The molecule has 2 aromatic carbocycles. The van der Waals surface area contributed by atoms with E-state index in [0.717, 1.165) is 15.6 Å². The van der Waals surface area contributed by atoms with Crippen molar-refractivity contribution in [2.24, 2.45) is 0 Å². The van der Waals surface area contributed by atoms with E-state index < -0.39 is 4.92 Å². The zero-order chi connectivity index (χ0) is 22.1. The van der Waals surface area contributed by atoms with E-state index in [-0.39, 0.29) is 12.3 Å². The SMILES string of the molecule is COc1cc(CNCCOc2ccccn2)c(Br)cc1OCc1ccc([N+](=O)[O-])cc1. The van der Waals surface area contributed by atoms with Gasteiger partial charge < -0.3 is 19.5 Å². The molecule has 0 aliphatic carbocycles. The lowest BCUT2D eigenvalue weighted by Crippen LogP contribution is -2.21. The van der Waals surface area contributed by atoms with E-state index in [0.29, 0.717) is 37.1 Å². The Bertz CT molecular complexity index is 1000. The third kappa shape index (κ3) is 6.66. The minimum Gasteiger partial charge on any atom is -0.493 e. The highest BCUT2D eigenvalue weighted by molar-refractivity contribution is 9.10. The highest BCUT2D eigenvalue weighted by Crippen LogP contribution is 2.34. The van der Waals surface area contributed by atoms with Gasteiger partial charge in [-0.2, -0.15) is 0 Å². The molecule has 1 aromatic heterocycles. The summed E-state index contributed by atoms with van der Waals surface area (Å²) in [5, 5.41) is 14.1. The van der Waals surface area contributed by atoms with Gasteiger partial charge in [0.1, 0.15) is 13.2 Å². The fourth-order valence-corrected chi connectivity index (χ4v) is 3.21. The Morgan fingerprint density at radius 3 is 2.58 bits per heavy atom. The van der Waals surface area contributed by atoms with E-state index in [1.54, 1.807) is 25.4 Å². The van der Waals surface area contributed by atoms with Crippen LogP contribution in [0, 0.1) is 10.1 Å². The van der Waals surface area contributed by atoms with Crippen LogP contribution in [0.1, 0.15) is 11.1 Å². The number of methoxy groups -OCH3 is 1. The summed E-state index contributed by atoms with van der Waals surface area (Å²) < 4.78 is 17.8. The fraction of sp³-hybridized carbons (Fsp3) is 0.227. The summed E-state index contributed by atoms with van der Waals surface area (Å²) in [6.07, 6.45) is 1.69. The third-order valence-electron chi connectivity index (χ3n) is 4.36. The number of benzene rings is 2. The van der Waals surface area contributed by atoms with E-state index in [1.165, 1.54) is 12.1 Å². The Hall–Kier alpha value is -3.17. The van der Waals surface area contributed by atoms with Crippen LogP contribution < -0.4 is 19.5 Å². The quantitative estimate of drug-likeness (QED) is 0.241. The molecule has 0 amide bonds. The molecule has 0 spiro atoms. The minimum atomic E-state index is -0.428. The second-order valence-electron chi connectivity index (χ2n) is 6.50. The Morgan fingerprint density at radius 2 is 1.90 bits per heavy atom. The summed E-state index contributed by atoms with van der Waals surface area (Å²) in [6.45, 7) is 2.04. The van der Waals surface area contributed by atoms with Gasteiger partial charge in [0, 0.05) is 42.0 Å². The first-order valence-corrected chi connectivity index (χ1v) is 10.3. The predicted molar refractivity (Wildman–Crippen MR) is 120 cm³/mol. The molecule has 162 valence electrons. The normalized spacial score (nSPS) is 10.5. The molecule has 3 rings (SSSR count). The van der Waals surface area contributed by atoms with Crippen LogP contribution in [0.25, 0.3) is 0 Å². The lowest BCUT2D eigenvalue weighted by Gasteiger charge is -2.14. The molecule has 0 radical (unpaired) electrons. The zero-order valence-electron chi connectivity index (χ0n) is 16.9. The average Bonchev–Trinajstić information content (AvgIpc) is 2.79. The molecule has 0 fully saturated rings. The number of nitro benzene ring substituents is 1. The number of non-ortho nitro benzene ring substituents is 1. The number of nitro groups is 1. The molecule has 0 saturated heterocycles. The molecule has 0 atom stereocenters. The number of halogens is 1. The van der Waals surface area contributed by atoms with Crippen molar-refractivity contribution < 1.29 is 19.1 Å². The van der Waals surface area contributed by atoms with E-state index in [9.17, 15) is 10.1 Å². The molecule has 1 N–H and O–H groups in total. The third-order valence-corrected chi connectivity index (χ3v) is 5.09. The second kappa shape index (κ2) is 11.3. The number of aromatic nitrogens is 1. The van der Waals surface area contributed by atoms with Gasteiger partial charge in [-0.15, -0.1) is 0 Å². The van der Waals surface area contributed by atoms with Crippen molar-refractivity contribution in [2.45, 2.75) is 13.2 Å². The standard InChI is InChI=1S/C22H22BrN3O5/c1-29-20-12-17(14-24-10-11-30-22-4-2-3-9-25-22)19(23)13-21(20)31-15-16-5-7-18(8-6-16)26(27)28/h2-9,12-13,24H,10-11,14-15H2,1H3. The van der Waals surface area contributed by atoms with Gasteiger partial charge in [-0.25, -0.2) is 4.98 Å². The van der Waals surface area contributed by atoms with Gasteiger partial charge in [0.2, 0.25) is 5.88 Å². The monoisotopic (exact) mass is 487 g/mol. The Balaban J connectivity index is 1.53. The summed E-state index contributed by atoms with van der Waals surface area (Å²) in [5.41, 5.74) is 1.88. The van der Waals surface area contributed by atoms with Crippen LogP contribution in [0.3, 0.4) is 0 Å². The molecule has 8 nitrogen and oxygen atoms in total. The lowest BCUT2D eigenvalue weighted by atomic mass is 10.2. The van der Waals surface area contributed by atoms with Crippen LogP contribution in [0.2, 0.25) is 0 Å². The van der Waals surface area contributed by atoms with E-state index in [2.05, 4.69) is 26.2 Å². The van der Waals surface area contributed by atoms with Gasteiger partial charge in [-0.3, -0.25) is 10.1 Å². The number of nitrogens with zero attached hydrogens (tertiary/aromatic N) is 2. The smallest absolute Gasteiger partial charge is 0.269 e. The first kappa shape index (κ1) is 22.5. The van der Waals surface area contributed by atoms with Crippen molar-refractivity contribution in [3.8, 4) is 17.4 Å². The number of rotatable bonds is 11. The van der Waals surface area contributed by atoms with Crippen molar-refractivity contribution in [1.29, 1.82) is 0 Å². The molecule has 0 unspecified atom stereocenters. The molecule has 0 aliphatic rings. The van der Waals surface area contributed by atoms with Gasteiger partial charge >= 0.3 is 0 Å². The lowest BCUT2D eigenvalue weighted by molar-refractivity contribution is -0.384. The highest BCUT2D eigenvalue weighted by atomic mass is 79.9. The number of nitrogens with one attached hydrogen (secondary N) is 1. The molecule has 0 bridgehead atoms. The second-order valence-corrected chi connectivity index (χ2v) is 7.35. The van der Waals surface area contributed by atoms with Gasteiger partial charge in [-0.1, -0.05) is 22.0 Å². The van der Waals surface area contributed by atoms with Gasteiger partial charge in [0.25, 0.3) is 5.69 Å². The van der Waals surface area contributed by atoms with Crippen molar-refractivity contribution in [2.75, 3.05) is 20.3 Å². The Labute approximate surface area is 188 Å². The molecular formula is C22H22BrN3O5. The number of ether oxygens (including phenoxy) is 3. The van der Waals surface area contributed by atoms with Gasteiger partial charge in [-0.05, 0) is 41.5 Å². The van der Waals surface area contributed by atoms with E-state index >= 15 is 0 Å². The summed E-state index contributed by atoms with van der Waals surface area (Å²) in [6, 6.07) is 15.6. The number of hydrogen-bond acceptors (Lipinski definition) is 7. The molecule has 9 heteroatoms. The molecule has 3 aromatic rings. The molecular weight excluding hydrogens is 466 g/mol. The van der Waals surface area contributed by atoms with E-state index in [4.69, 9.17) is 14.2 Å². The van der Waals surface area contributed by atoms with Crippen LogP contribution in [-0.2, 0) is 13.2 Å². The van der Waals surface area contributed by atoms with E-state index in [1.807, 2.05) is 30.3 Å². The van der Waals surface area contributed by atoms with Crippen molar-refractivity contribution >= 4 is 21.6 Å². The first-order chi connectivity index (χ1) is 15.1. The molecule has 0 saturated carbocycles. The highest BCUT2D eigenvalue weighted by Gasteiger charge is 2.11. The molecule has 31 heavy (non-hydrogen) atoms. The van der Waals surface area contributed by atoms with Crippen molar-refractivity contribution in [3.63, 3.8) is 0 Å². The largest absolute Gasteiger partial charge is 0.493 e. The van der Waals surface area contributed by atoms with Crippen LogP contribution in [-0.4, -0.2) is 30.2 Å². The first-order valence-electron chi connectivity index (χ1n) is 9.54. The average molecular weight is 488 g/mol. The van der Waals surface area contributed by atoms with Crippen LogP contribution >= 0.6 is 15.9 Å². The maximum Gasteiger partial charge on any atom is 0.269 e. The summed E-state index contributed by atoms with van der Waals surface area (Å²) in [4.78, 5) is 14.4. The topological polar surface area (TPSA) is 95.8 Å². The Kier molecular flexibility index (Phi) is 8.19. The van der Waals surface area contributed by atoms with Crippen molar-refractivity contribution in [3.05, 3.63) is 86.5 Å². The molecule has 0 aliphatic heterocycles. The predicted octanol–water partition coefficient (Wildman–Crippen LogP) is 4.51. The number of hydrogen-bond donors (Lipinski definition) is 1. The van der Waals surface area contributed by atoms with Gasteiger partial charge in [0.15, 0.2) is 11.5 Å². The summed E-state index contributed by atoms with van der Waals surface area (Å²) in [5.74, 6) is 1.78. The Morgan fingerprint density at radius 1 is 1.10 bits per heavy atom. The van der Waals surface area contributed by atoms with Crippen LogP contribution in [0.5, 0.6) is 17.4 Å².